The topological polar surface area (TPSA) is 93.5 Å². The van der Waals surface area contributed by atoms with Gasteiger partial charge in [-0.3, -0.25) is 5.10 Å². The first kappa shape index (κ1) is 16.5. The molecule has 1 saturated heterocycles. The van der Waals surface area contributed by atoms with Gasteiger partial charge in [-0.25, -0.2) is 4.98 Å². The number of nitrogens with zero attached hydrogens (tertiary/aromatic N) is 5. The predicted octanol–water partition coefficient (Wildman–Crippen LogP) is 4.17. The lowest BCUT2D eigenvalue weighted by atomic mass is 9.94. The first-order valence-corrected chi connectivity index (χ1v) is 10.4. The second kappa shape index (κ2) is 6.82. The Morgan fingerprint density at radius 1 is 1.26 bits per heavy atom. The van der Waals surface area contributed by atoms with Crippen molar-refractivity contribution in [3.8, 4) is 6.07 Å². The smallest absolute Gasteiger partial charge is 0.227 e. The fourth-order valence-corrected chi connectivity index (χ4v) is 4.44. The van der Waals surface area contributed by atoms with Crippen LogP contribution >= 0.6 is 11.3 Å². The molecule has 2 fully saturated rings. The van der Waals surface area contributed by atoms with Gasteiger partial charge < -0.3 is 10.2 Å². The van der Waals surface area contributed by atoms with Crippen LogP contribution in [-0.4, -0.2) is 33.3 Å². The number of nitrogens with one attached hydrogen (secondary N) is 2. The number of nitriles is 1. The van der Waals surface area contributed by atoms with Gasteiger partial charge in [0.25, 0.3) is 0 Å². The molecular formula is C19H21N7S. The third kappa shape index (κ3) is 3.35. The number of rotatable bonds is 5. The van der Waals surface area contributed by atoms with E-state index < -0.39 is 0 Å². The highest BCUT2D eigenvalue weighted by molar-refractivity contribution is 7.17. The van der Waals surface area contributed by atoms with Crippen molar-refractivity contribution >= 4 is 39.1 Å². The summed E-state index contributed by atoms with van der Waals surface area (Å²) >= 11 is 1.64. The van der Waals surface area contributed by atoms with Gasteiger partial charge in [0, 0.05) is 37.2 Å². The zero-order chi connectivity index (χ0) is 18.2. The van der Waals surface area contributed by atoms with Gasteiger partial charge in [-0.2, -0.15) is 15.3 Å². The number of fused-ring (bicyclic) bond motifs is 1. The highest BCUT2D eigenvalue weighted by Crippen LogP contribution is 2.40. The Morgan fingerprint density at radius 2 is 2.11 bits per heavy atom. The molecule has 27 heavy (non-hydrogen) atoms. The van der Waals surface area contributed by atoms with Crippen molar-refractivity contribution in [2.75, 3.05) is 23.3 Å². The second-order valence-electron chi connectivity index (χ2n) is 7.41. The van der Waals surface area contributed by atoms with E-state index in [1.54, 1.807) is 11.3 Å². The Hall–Kier alpha value is -2.66. The average Bonchev–Trinajstić information content (AvgIpc) is 3.23. The van der Waals surface area contributed by atoms with Crippen LogP contribution in [0.2, 0.25) is 0 Å². The van der Waals surface area contributed by atoms with Gasteiger partial charge in [0.15, 0.2) is 11.6 Å². The minimum Gasteiger partial charge on any atom is -0.341 e. The predicted molar refractivity (Wildman–Crippen MR) is 106 cm³/mol. The Morgan fingerprint density at radius 3 is 2.89 bits per heavy atom. The van der Waals surface area contributed by atoms with E-state index in [4.69, 9.17) is 15.2 Å². The molecular weight excluding hydrogens is 358 g/mol. The van der Waals surface area contributed by atoms with Gasteiger partial charge in [0.05, 0.1) is 16.3 Å². The number of thiophene rings is 1. The molecule has 1 aliphatic carbocycles. The molecule has 1 saturated carbocycles. The highest BCUT2D eigenvalue weighted by atomic mass is 32.1. The Labute approximate surface area is 161 Å². The molecule has 2 aliphatic rings. The van der Waals surface area contributed by atoms with E-state index in [1.807, 2.05) is 11.4 Å². The molecule has 0 bridgehead atoms. The summed E-state index contributed by atoms with van der Waals surface area (Å²) in [7, 11) is 0. The maximum atomic E-state index is 8.91. The normalized spacial score (nSPS) is 18.0. The molecule has 3 aromatic heterocycles. The molecule has 0 atom stereocenters. The summed E-state index contributed by atoms with van der Waals surface area (Å²) < 4.78 is 1.05. The van der Waals surface area contributed by atoms with E-state index in [0.29, 0.717) is 18.3 Å². The molecule has 1 aliphatic heterocycles. The number of aromatic nitrogens is 4. The summed E-state index contributed by atoms with van der Waals surface area (Å²) in [4.78, 5) is 11.8. The minimum atomic E-state index is 0.499. The van der Waals surface area contributed by atoms with Crippen LogP contribution in [0, 0.1) is 17.2 Å². The lowest BCUT2D eigenvalue weighted by Gasteiger charge is -2.31. The van der Waals surface area contributed by atoms with Crippen LogP contribution in [-0.2, 0) is 0 Å². The molecule has 7 nitrogen and oxygen atoms in total. The first-order valence-electron chi connectivity index (χ1n) is 9.49. The van der Waals surface area contributed by atoms with Crippen LogP contribution in [0.25, 0.3) is 10.2 Å². The summed E-state index contributed by atoms with van der Waals surface area (Å²) in [5.74, 6) is 3.53. The maximum absolute atomic E-state index is 8.91. The SMILES string of the molecule is N#CCC1CCN(c2nc(Nc3cc(C4CC4)[nH]n3)c3sccc3n2)CC1. The molecule has 8 heteroatoms. The molecule has 138 valence electrons. The van der Waals surface area contributed by atoms with E-state index >= 15 is 0 Å². The van der Waals surface area contributed by atoms with Crippen molar-refractivity contribution in [2.45, 2.75) is 38.0 Å². The summed E-state index contributed by atoms with van der Waals surface area (Å²) in [5, 5.41) is 21.9. The van der Waals surface area contributed by atoms with Crippen molar-refractivity contribution in [2.24, 2.45) is 5.92 Å². The van der Waals surface area contributed by atoms with Gasteiger partial charge in [-0.1, -0.05) is 0 Å². The van der Waals surface area contributed by atoms with Crippen LogP contribution < -0.4 is 10.2 Å². The number of H-pyrrole nitrogens is 1. The number of hydrogen-bond donors (Lipinski definition) is 2. The van der Waals surface area contributed by atoms with Crippen molar-refractivity contribution in [3.63, 3.8) is 0 Å². The van der Waals surface area contributed by atoms with E-state index in [-0.39, 0.29) is 0 Å². The largest absolute Gasteiger partial charge is 0.341 e. The average molecular weight is 379 g/mol. The molecule has 0 amide bonds. The first-order chi connectivity index (χ1) is 13.3. The van der Waals surface area contributed by atoms with Crippen molar-refractivity contribution in [1.29, 1.82) is 5.26 Å². The second-order valence-corrected chi connectivity index (χ2v) is 8.32. The quantitative estimate of drug-likeness (QED) is 0.691. The number of aromatic amines is 1. The number of hydrogen-bond acceptors (Lipinski definition) is 7. The van der Waals surface area contributed by atoms with Crippen LogP contribution in [0.1, 0.15) is 43.7 Å². The van der Waals surface area contributed by atoms with Crippen LogP contribution in [0.3, 0.4) is 0 Å². The Balaban J connectivity index is 1.40. The van der Waals surface area contributed by atoms with Crippen LogP contribution in [0.15, 0.2) is 17.5 Å². The molecule has 4 heterocycles. The fourth-order valence-electron chi connectivity index (χ4n) is 3.67. The van der Waals surface area contributed by atoms with Gasteiger partial charge in [0.2, 0.25) is 5.95 Å². The van der Waals surface area contributed by atoms with Crippen molar-refractivity contribution < 1.29 is 0 Å². The molecule has 2 N–H and O–H groups in total. The number of piperidine rings is 1. The standard InChI is InChI=1S/C19H21N7S/c20-7-3-12-4-8-26(9-5-12)19-21-14-6-10-27-17(14)18(23-19)22-16-11-15(24-25-16)13-1-2-13/h6,10-13H,1-5,8-9H2,(H2,21,22,23,24,25). The molecule has 0 aromatic carbocycles. The summed E-state index contributed by atoms with van der Waals surface area (Å²) in [6, 6.07) is 6.43. The minimum absolute atomic E-state index is 0.499. The molecule has 5 rings (SSSR count). The summed E-state index contributed by atoms with van der Waals surface area (Å²) in [6.07, 6.45) is 5.18. The van der Waals surface area contributed by atoms with Gasteiger partial charge in [-0.15, -0.1) is 11.3 Å². The van der Waals surface area contributed by atoms with Crippen molar-refractivity contribution in [1.82, 2.24) is 20.2 Å². The Bertz CT molecular complexity index is 989. The lowest BCUT2D eigenvalue weighted by Crippen LogP contribution is -2.34. The van der Waals surface area contributed by atoms with E-state index in [0.717, 1.165) is 53.7 Å². The van der Waals surface area contributed by atoms with Gasteiger partial charge in [0.1, 0.15) is 0 Å². The lowest BCUT2D eigenvalue weighted by molar-refractivity contribution is 0.409. The highest BCUT2D eigenvalue weighted by Gasteiger charge is 2.26. The maximum Gasteiger partial charge on any atom is 0.227 e. The molecule has 3 aromatic rings. The summed E-state index contributed by atoms with van der Waals surface area (Å²) in [6.45, 7) is 1.80. The monoisotopic (exact) mass is 379 g/mol. The molecule has 0 spiro atoms. The third-order valence-electron chi connectivity index (χ3n) is 5.43. The fraction of sp³-hybridized carbons (Fsp3) is 0.474. The van der Waals surface area contributed by atoms with Gasteiger partial charge in [-0.05, 0) is 43.0 Å². The Kier molecular flexibility index (Phi) is 4.17. The number of anilines is 3. The van der Waals surface area contributed by atoms with E-state index in [9.17, 15) is 0 Å². The van der Waals surface area contributed by atoms with Crippen LogP contribution in [0.5, 0.6) is 0 Å². The van der Waals surface area contributed by atoms with Crippen molar-refractivity contribution in [3.05, 3.63) is 23.2 Å². The van der Waals surface area contributed by atoms with E-state index in [2.05, 4.69) is 32.5 Å². The van der Waals surface area contributed by atoms with Crippen LogP contribution in [0.4, 0.5) is 17.6 Å². The molecule has 0 radical (unpaired) electrons. The zero-order valence-electron chi connectivity index (χ0n) is 15.0. The zero-order valence-corrected chi connectivity index (χ0v) is 15.8. The third-order valence-corrected chi connectivity index (χ3v) is 6.34. The summed E-state index contributed by atoms with van der Waals surface area (Å²) in [5.41, 5.74) is 2.17. The van der Waals surface area contributed by atoms with E-state index in [1.165, 1.54) is 18.5 Å². The van der Waals surface area contributed by atoms with Gasteiger partial charge >= 0.3 is 0 Å². The molecule has 0 unspecified atom stereocenters.